The summed E-state index contributed by atoms with van der Waals surface area (Å²) in [5.41, 5.74) is 4.85. The molecule has 3 heterocycles. The molecule has 0 fully saturated rings. The Morgan fingerprint density at radius 2 is 1.96 bits per heavy atom. The number of aryl methyl sites for hydroxylation is 1. The fourth-order valence-corrected chi connectivity index (χ4v) is 4.34. The highest BCUT2D eigenvalue weighted by Gasteiger charge is 2.24. The summed E-state index contributed by atoms with van der Waals surface area (Å²) in [5, 5.41) is 8.12. The number of rotatable bonds is 3. The van der Waals surface area contributed by atoms with E-state index in [0.717, 1.165) is 47.9 Å². The number of nitrogens with one attached hydrogen (secondary N) is 2. The van der Waals surface area contributed by atoms with E-state index in [0.29, 0.717) is 19.3 Å². The highest BCUT2D eigenvalue weighted by molar-refractivity contribution is 5.84. The monoisotopic (exact) mass is 378 g/mol. The van der Waals surface area contributed by atoms with Gasteiger partial charge in [0.15, 0.2) is 11.5 Å². The molecule has 6 heteroatoms. The zero-order valence-corrected chi connectivity index (χ0v) is 16.4. The molecular weight excluding hydrogens is 352 g/mol. The molecule has 1 aliphatic carbocycles. The topological polar surface area (TPSA) is 60.3 Å². The fourth-order valence-electron chi connectivity index (χ4n) is 4.34. The molecule has 1 unspecified atom stereocenters. The molecule has 2 aliphatic rings. The van der Waals surface area contributed by atoms with Crippen molar-refractivity contribution in [3.63, 3.8) is 0 Å². The standard InChI is InChI=1S/C22H26N4O2/c1-23-14-4-7-18-17(12-14)16-6-9-21(25-22(16)26(18)2)24-15-5-8-19-20(13-15)28-11-3-10-27-19/h5-6,8-9,13-14,23H,3-4,7,10-12H2,1-2H3,(H,24,25). The van der Waals surface area contributed by atoms with Crippen LogP contribution in [0.15, 0.2) is 30.3 Å². The molecule has 1 aliphatic heterocycles. The normalized spacial score (nSPS) is 18.6. The van der Waals surface area contributed by atoms with Crippen LogP contribution in [0.1, 0.15) is 24.1 Å². The van der Waals surface area contributed by atoms with Crippen molar-refractivity contribution in [2.24, 2.45) is 7.05 Å². The molecule has 1 aromatic carbocycles. The average molecular weight is 378 g/mol. The Bertz CT molecular complexity index is 1030. The second-order valence-corrected chi connectivity index (χ2v) is 7.62. The summed E-state index contributed by atoms with van der Waals surface area (Å²) >= 11 is 0. The van der Waals surface area contributed by atoms with Gasteiger partial charge in [-0.2, -0.15) is 0 Å². The number of anilines is 2. The van der Waals surface area contributed by atoms with Crippen LogP contribution in [0.25, 0.3) is 11.0 Å². The average Bonchev–Trinajstić information content (AvgIpc) is 2.87. The van der Waals surface area contributed by atoms with Gasteiger partial charge < -0.3 is 24.7 Å². The Hall–Kier alpha value is -2.73. The maximum atomic E-state index is 5.80. The highest BCUT2D eigenvalue weighted by Crippen LogP contribution is 2.34. The lowest BCUT2D eigenvalue weighted by atomic mass is 9.92. The molecule has 6 nitrogen and oxygen atoms in total. The number of pyridine rings is 1. The van der Waals surface area contributed by atoms with Crippen molar-refractivity contribution < 1.29 is 9.47 Å². The third-order valence-electron chi connectivity index (χ3n) is 5.88. The summed E-state index contributed by atoms with van der Waals surface area (Å²) in [5.74, 6) is 2.43. The molecule has 0 spiro atoms. The van der Waals surface area contributed by atoms with E-state index in [1.165, 1.54) is 23.1 Å². The minimum Gasteiger partial charge on any atom is -0.490 e. The predicted molar refractivity (Wildman–Crippen MR) is 111 cm³/mol. The highest BCUT2D eigenvalue weighted by atomic mass is 16.5. The first-order valence-electron chi connectivity index (χ1n) is 10.0. The van der Waals surface area contributed by atoms with Crippen molar-refractivity contribution in [1.82, 2.24) is 14.9 Å². The Morgan fingerprint density at radius 1 is 1.11 bits per heavy atom. The first-order valence-corrected chi connectivity index (χ1v) is 10.0. The van der Waals surface area contributed by atoms with Gasteiger partial charge in [-0.1, -0.05) is 0 Å². The van der Waals surface area contributed by atoms with Crippen LogP contribution >= 0.6 is 0 Å². The van der Waals surface area contributed by atoms with Crippen LogP contribution in [-0.2, 0) is 19.9 Å². The number of benzene rings is 1. The molecular formula is C22H26N4O2. The lowest BCUT2D eigenvalue weighted by Crippen LogP contribution is -2.31. The Labute approximate surface area is 164 Å². The van der Waals surface area contributed by atoms with Crippen LogP contribution in [-0.4, -0.2) is 35.9 Å². The van der Waals surface area contributed by atoms with Crippen molar-refractivity contribution in [3.05, 3.63) is 41.6 Å². The van der Waals surface area contributed by atoms with Crippen LogP contribution in [0, 0.1) is 0 Å². The van der Waals surface area contributed by atoms with Gasteiger partial charge in [0.25, 0.3) is 0 Å². The van der Waals surface area contributed by atoms with Crippen LogP contribution in [0.5, 0.6) is 11.5 Å². The van der Waals surface area contributed by atoms with Gasteiger partial charge in [-0.3, -0.25) is 0 Å². The molecule has 0 amide bonds. The van der Waals surface area contributed by atoms with E-state index < -0.39 is 0 Å². The molecule has 2 N–H and O–H groups in total. The van der Waals surface area contributed by atoms with Gasteiger partial charge in [-0.25, -0.2) is 4.98 Å². The molecule has 2 aromatic heterocycles. The first kappa shape index (κ1) is 17.4. The lowest BCUT2D eigenvalue weighted by molar-refractivity contribution is 0.297. The van der Waals surface area contributed by atoms with E-state index in [2.05, 4.69) is 41.4 Å². The van der Waals surface area contributed by atoms with Crippen molar-refractivity contribution in [1.29, 1.82) is 0 Å². The number of hydrogen-bond donors (Lipinski definition) is 2. The Morgan fingerprint density at radius 3 is 2.82 bits per heavy atom. The lowest BCUT2D eigenvalue weighted by Gasteiger charge is -2.22. The SMILES string of the molecule is CNC1CCc2c(c3ccc(Nc4ccc5c(c4)OCCCO5)nc3n2C)C1. The maximum absolute atomic E-state index is 5.80. The summed E-state index contributed by atoms with van der Waals surface area (Å²) in [6.07, 6.45) is 4.25. The number of fused-ring (bicyclic) bond motifs is 4. The quantitative estimate of drug-likeness (QED) is 0.730. The zero-order valence-electron chi connectivity index (χ0n) is 16.4. The van der Waals surface area contributed by atoms with Crippen molar-refractivity contribution in [3.8, 4) is 11.5 Å². The molecule has 28 heavy (non-hydrogen) atoms. The molecule has 0 saturated carbocycles. The van der Waals surface area contributed by atoms with Crippen LogP contribution in [0.2, 0.25) is 0 Å². The van der Waals surface area contributed by atoms with Gasteiger partial charge in [0, 0.05) is 42.3 Å². The van der Waals surface area contributed by atoms with Crippen LogP contribution in [0.3, 0.4) is 0 Å². The molecule has 3 aromatic rings. The van der Waals surface area contributed by atoms with Crippen LogP contribution < -0.4 is 20.1 Å². The third kappa shape index (κ3) is 2.98. The van der Waals surface area contributed by atoms with Gasteiger partial charge in [0.1, 0.15) is 11.5 Å². The largest absolute Gasteiger partial charge is 0.490 e. The second-order valence-electron chi connectivity index (χ2n) is 7.62. The smallest absolute Gasteiger partial charge is 0.163 e. The Balaban J connectivity index is 1.46. The van der Waals surface area contributed by atoms with Gasteiger partial charge >= 0.3 is 0 Å². The maximum Gasteiger partial charge on any atom is 0.163 e. The minimum atomic E-state index is 0.553. The summed E-state index contributed by atoms with van der Waals surface area (Å²) in [4.78, 5) is 4.92. The molecule has 0 saturated heterocycles. The first-order chi connectivity index (χ1) is 13.7. The number of aromatic nitrogens is 2. The second kappa shape index (κ2) is 7.02. The minimum absolute atomic E-state index is 0.553. The van der Waals surface area contributed by atoms with E-state index >= 15 is 0 Å². The van der Waals surface area contributed by atoms with E-state index in [4.69, 9.17) is 14.5 Å². The summed E-state index contributed by atoms with van der Waals surface area (Å²) in [6, 6.07) is 10.8. The fraction of sp³-hybridized carbons (Fsp3) is 0.409. The van der Waals surface area contributed by atoms with E-state index in [1.807, 2.05) is 18.2 Å². The third-order valence-corrected chi connectivity index (χ3v) is 5.88. The molecule has 146 valence electrons. The molecule has 0 radical (unpaired) electrons. The summed E-state index contributed by atoms with van der Waals surface area (Å²) < 4.78 is 13.8. The zero-order chi connectivity index (χ0) is 19.1. The molecule has 1 atom stereocenters. The van der Waals surface area contributed by atoms with Gasteiger partial charge in [-0.05, 0) is 56.1 Å². The molecule has 0 bridgehead atoms. The van der Waals surface area contributed by atoms with E-state index in [-0.39, 0.29) is 0 Å². The van der Waals surface area contributed by atoms with Crippen molar-refractivity contribution in [2.45, 2.75) is 31.7 Å². The van der Waals surface area contributed by atoms with Gasteiger partial charge in [0.05, 0.1) is 13.2 Å². The van der Waals surface area contributed by atoms with E-state index in [1.54, 1.807) is 0 Å². The van der Waals surface area contributed by atoms with Crippen LogP contribution in [0.4, 0.5) is 11.5 Å². The predicted octanol–water partition coefficient (Wildman–Crippen LogP) is 3.55. The van der Waals surface area contributed by atoms with Crippen molar-refractivity contribution >= 4 is 22.5 Å². The molecule has 5 rings (SSSR count). The number of likely N-dealkylation sites (N-methyl/N-ethyl adjacent to an activating group) is 1. The van der Waals surface area contributed by atoms with Gasteiger partial charge in [-0.15, -0.1) is 0 Å². The van der Waals surface area contributed by atoms with Gasteiger partial charge in [0.2, 0.25) is 0 Å². The number of ether oxygens (including phenoxy) is 2. The Kier molecular flexibility index (Phi) is 4.36. The summed E-state index contributed by atoms with van der Waals surface area (Å²) in [6.45, 7) is 1.38. The number of nitrogens with zero attached hydrogens (tertiary/aromatic N) is 2. The summed E-state index contributed by atoms with van der Waals surface area (Å²) in [7, 11) is 4.18. The van der Waals surface area contributed by atoms with E-state index in [9.17, 15) is 0 Å². The number of hydrogen-bond acceptors (Lipinski definition) is 5. The van der Waals surface area contributed by atoms with Crippen molar-refractivity contribution in [2.75, 3.05) is 25.6 Å².